The third-order valence-corrected chi connectivity index (χ3v) is 10.8. The number of hydrogen-bond acceptors (Lipinski definition) is 0. The summed E-state index contributed by atoms with van der Waals surface area (Å²) in [6, 6.07) is 32.8. The Balaban J connectivity index is 0.000000264. The maximum atomic E-state index is 4.93. The van der Waals surface area contributed by atoms with Crippen LogP contribution in [0, 0.1) is 27.7 Å². The Morgan fingerprint density at radius 3 is 1.09 bits per heavy atom. The van der Waals surface area contributed by atoms with Crippen LogP contribution in [0.15, 0.2) is 84.9 Å². The fourth-order valence-electron chi connectivity index (χ4n) is 7.76. The van der Waals surface area contributed by atoms with Crippen molar-refractivity contribution >= 4 is 48.1 Å². The number of hydrogen-bond donors (Lipinski definition) is 0. The van der Waals surface area contributed by atoms with Crippen LogP contribution in [-0.2, 0) is 31.7 Å². The van der Waals surface area contributed by atoms with Gasteiger partial charge in [0, 0.05) is 9.52 Å². The molecule has 0 aliphatic rings. The van der Waals surface area contributed by atoms with E-state index in [9.17, 15) is 0 Å². The SMILES string of the molecule is CCC(C)c1cc2c(-c3cc(C)cc(C)c3)c(C(C)(C)C)ccc2[cH-]1.CCC(C)c1cc2c(-c3cc(C)cc(C)c3)c(C(C)(C)C)ccc2[cH-]1.C[Si]C.[Cl][Zr+2][Cl]. The van der Waals surface area contributed by atoms with Gasteiger partial charge in [-0.05, 0) is 61.5 Å². The molecule has 0 amide bonds. The minimum absolute atomic E-state index is 0.120. The minimum atomic E-state index is -0.826. The van der Waals surface area contributed by atoms with Crippen LogP contribution in [0.25, 0.3) is 43.8 Å². The van der Waals surface area contributed by atoms with E-state index in [2.05, 4.69) is 195 Å². The van der Waals surface area contributed by atoms with Crippen molar-refractivity contribution in [3.8, 4) is 22.3 Å². The molecule has 6 rings (SSSR count). The molecule has 0 saturated carbocycles. The molecule has 0 bridgehead atoms. The molecule has 2 radical (unpaired) electrons. The molecule has 0 aliphatic heterocycles. The topological polar surface area (TPSA) is 0 Å². The zero-order valence-corrected chi connectivity index (χ0v) is 42.4. The summed E-state index contributed by atoms with van der Waals surface area (Å²) in [7, 11) is 11.0. The molecule has 298 valence electrons. The number of fused-ring (bicyclic) bond motifs is 2. The van der Waals surface area contributed by atoms with Gasteiger partial charge in [0.05, 0.1) is 0 Å². The molecule has 56 heavy (non-hydrogen) atoms. The van der Waals surface area contributed by atoms with Crippen molar-refractivity contribution in [1.29, 1.82) is 0 Å². The molecule has 0 saturated heterocycles. The van der Waals surface area contributed by atoms with E-state index in [1.54, 1.807) is 0 Å². The zero-order chi connectivity index (χ0) is 42.1. The van der Waals surface area contributed by atoms with Gasteiger partial charge in [0.1, 0.15) is 0 Å². The first kappa shape index (κ1) is 48.2. The predicted octanol–water partition coefficient (Wildman–Crippen LogP) is 17.5. The fraction of sp³-hybridized carbons (Fsp3) is 0.423. The molecule has 4 heteroatoms. The second kappa shape index (κ2) is 21.2. The fourth-order valence-corrected chi connectivity index (χ4v) is 7.76. The Bertz CT molecular complexity index is 1970. The van der Waals surface area contributed by atoms with E-state index in [0.717, 1.165) is 9.52 Å². The molecule has 2 atom stereocenters. The predicted molar refractivity (Wildman–Crippen MR) is 253 cm³/mol. The summed E-state index contributed by atoms with van der Waals surface area (Å²) < 4.78 is 0. The average molecular weight is 883 g/mol. The van der Waals surface area contributed by atoms with Crippen molar-refractivity contribution < 1.29 is 20.8 Å². The van der Waals surface area contributed by atoms with Gasteiger partial charge < -0.3 is 0 Å². The first-order valence-corrected chi connectivity index (χ1v) is 28.8. The molecule has 0 N–H and O–H groups in total. The van der Waals surface area contributed by atoms with E-state index < -0.39 is 20.8 Å². The van der Waals surface area contributed by atoms with Gasteiger partial charge in [-0.2, -0.15) is 12.1 Å². The van der Waals surface area contributed by atoms with Gasteiger partial charge in [0.15, 0.2) is 0 Å². The molecule has 0 fully saturated rings. The van der Waals surface area contributed by atoms with Crippen molar-refractivity contribution in [3.05, 3.63) is 129 Å². The van der Waals surface area contributed by atoms with Crippen LogP contribution in [0.4, 0.5) is 0 Å². The van der Waals surface area contributed by atoms with Crippen LogP contribution in [0.2, 0.25) is 13.1 Å². The summed E-state index contributed by atoms with van der Waals surface area (Å²) in [5.74, 6) is 1.22. The number of aryl methyl sites for hydroxylation is 4. The van der Waals surface area contributed by atoms with Crippen molar-refractivity contribution in [2.24, 2.45) is 0 Å². The Morgan fingerprint density at radius 2 is 0.839 bits per heavy atom. The average Bonchev–Trinajstić information content (AvgIpc) is 3.74. The summed E-state index contributed by atoms with van der Waals surface area (Å²) in [5.41, 5.74) is 16.9. The summed E-state index contributed by atoms with van der Waals surface area (Å²) in [6.45, 7) is 36.2. The number of rotatable bonds is 6. The van der Waals surface area contributed by atoms with Gasteiger partial charge in [-0.3, -0.25) is 0 Å². The molecule has 0 aromatic heterocycles. The van der Waals surface area contributed by atoms with E-state index >= 15 is 0 Å². The van der Waals surface area contributed by atoms with Gasteiger partial charge in [-0.25, -0.2) is 0 Å². The second-order valence-electron chi connectivity index (χ2n) is 18.0. The van der Waals surface area contributed by atoms with Gasteiger partial charge in [0.25, 0.3) is 0 Å². The first-order valence-electron chi connectivity index (χ1n) is 20.4. The van der Waals surface area contributed by atoms with Crippen molar-refractivity contribution in [2.75, 3.05) is 0 Å². The molecular formula is C52H68Cl2SiZr. The van der Waals surface area contributed by atoms with Crippen LogP contribution in [0.3, 0.4) is 0 Å². The quantitative estimate of drug-likeness (QED) is 0.115. The molecule has 0 spiro atoms. The Morgan fingerprint density at radius 1 is 0.554 bits per heavy atom. The van der Waals surface area contributed by atoms with Gasteiger partial charge >= 0.3 is 37.9 Å². The van der Waals surface area contributed by atoms with Crippen molar-refractivity contribution in [2.45, 2.75) is 146 Å². The molecule has 0 aliphatic carbocycles. The van der Waals surface area contributed by atoms with E-state index in [1.165, 1.54) is 101 Å². The molecule has 2 unspecified atom stereocenters. The van der Waals surface area contributed by atoms with Gasteiger partial charge in [-0.1, -0.05) is 176 Å². The van der Waals surface area contributed by atoms with E-state index in [-0.39, 0.29) is 10.8 Å². The van der Waals surface area contributed by atoms with Crippen LogP contribution >= 0.6 is 17.0 Å². The summed E-state index contributed by atoms with van der Waals surface area (Å²) in [6.07, 6.45) is 2.36. The van der Waals surface area contributed by atoms with Crippen LogP contribution in [0.1, 0.15) is 138 Å². The number of benzene rings is 4. The Kier molecular flexibility index (Phi) is 18.2. The third kappa shape index (κ3) is 12.4. The van der Waals surface area contributed by atoms with E-state index in [4.69, 9.17) is 17.0 Å². The first-order chi connectivity index (χ1) is 26.2. The van der Waals surface area contributed by atoms with Crippen molar-refractivity contribution in [3.63, 3.8) is 0 Å². The monoisotopic (exact) mass is 880 g/mol. The van der Waals surface area contributed by atoms with Crippen molar-refractivity contribution in [1.82, 2.24) is 0 Å². The van der Waals surface area contributed by atoms with E-state index in [0.29, 0.717) is 11.8 Å². The Hall–Kier alpha value is -2.22. The molecule has 0 heterocycles. The summed E-state index contributed by atoms with van der Waals surface area (Å²) >= 11 is -0.826. The van der Waals surface area contributed by atoms with Gasteiger partial charge in [-0.15, -0.1) is 69.1 Å². The second-order valence-corrected chi connectivity index (χ2v) is 22.7. The number of halogens is 2. The molecule has 6 aromatic carbocycles. The summed E-state index contributed by atoms with van der Waals surface area (Å²) in [4.78, 5) is 0. The molecule has 0 nitrogen and oxygen atoms in total. The maximum absolute atomic E-state index is 4.93. The normalized spacial score (nSPS) is 12.5. The standard InChI is InChI=1S/2C25H31.C2H6Si.2ClH.Zr/c2*1-8-18(4)20-14-19-9-10-23(25(5,6)7)24(22(19)15-20)21-12-16(2)11-17(3)13-21;1-3-2;;;/h2*9-15,18H,8H2,1-7H3;1-2H3;2*1H;/q2*-1;;;;+4/p-2. The zero-order valence-electron chi connectivity index (χ0n) is 37.4. The molecule has 6 aromatic rings. The van der Waals surface area contributed by atoms with E-state index in [1.807, 2.05) is 0 Å². The summed E-state index contributed by atoms with van der Waals surface area (Å²) in [5, 5.41) is 5.57. The van der Waals surface area contributed by atoms with Crippen LogP contribution in [-0.4, -0.2) is 9.52 Å². The van der Waals surface area contributed by atoms with Crippen LogP contribution < -0.4 is 0 Å². The van der Waals surface area contributed by atoms with Gasteiger partial charge in [0.2, 0.25) is 0 Å². The Labute approximate surface area is 363 Å². The third-order valence-electron chi connectivity index (χ3n) is 10.8. The molecular weight excluding hydrogens is 815 g/mol. The van der Waals surface area contributed by atoms with Crippen LogP contribution in [0.5, 0.6) is 0 Å².